The Labute approximate surface area is 322 Å². The van der Waals surface area contributed by atoms with Crippen molar-refractivity contribution in [2.75, 3.05) is 23.0 Å². The van der Waals surface area contributed by atoms with E-state index in [1.54, 1.807) is 12.1 Å². The number of fused-ring (bicyclic) bond motifs is 4. The molecule has 0 spiro atoms. The van der Waals surface area contributed by atoms with Gasteiger partial charge in [0.25, 0.3) is 0 Å². The summed E-state index contributed by atoms with van der Waals surface area (Å²) in [6, 6.07) is 37.7. The van der Waals surface area contributed by atoms with E-state index in [9.17, 15) is 0 Å². The molecule has 0 bridgehead atoms. The summed E-state index contributed by atoms with van der Waals surface area (Å²) in [6.07, 6.45) is 2.30. The van der Waals surface area contributed by atoms with Crippen molar-refractivity contribution in [1.82, 2.24) is 9.55 Å². The molecule has 53 heavy (non-hydrogen) atoms. The van der Waals surface area contributed by atoms with E-state index >= 15 is 0 Å². The highest BCUT2D eigenvalue weighted by molar-refractivity contribution is 6.09. The van der Waals surface area contributed by atoms with Gasteiger partial charge < -0.3 is 14.5 Å². The molecule has 0 fully saturated rings. The van der Waals surface area contributed by atoms with Crippen LogP contribution in [0.15, 0.2) is 121 Å². The lowest BCUT2D eigenvalue weighted by Gasteiger charge is -2.24. The van der Waals surface area contributed by atoms with E-state index in [0.717, 1.165) is 50.1 Å². The quantitative estimate of drug-likeness (QED) is 0.165. The first-order chi connectivity index (χ1) is 27.8. The van der Waals surface area contributed by atoms with Gasteiger partial charge in [-0.15, -0.1) is 0 Å². The van der Waals surface area contributed by atoms with Crippen molar-refractivity contribution >= 4 is 38.9 Å². The lowest BCUT2D eigenvalue weighted by atomic mass is 9.85. The van der Waals surface area contributed by atoms with Crippen molar-refractivity contribution in [1.29, 1.82) is 0 Å². The molecule has 0 atom stereocenters. The summed E-state index contributed by atoms with van der Waals surface area (Å²) in [5.41, 5.74) is 7.51. The molecule has 1 aliphatic rings. The third-order valence-corrected chi connectivity index (χ3v) is 10.4. The second-order valence-corrected chi connectivity index (χ2v) is 16.2. The molecular formula is C48H50N4O. The van der Waals surface area contributed by atoms with E-state index in [4.69, 9.17) is 17.9 Å². The molecule has 5 aromatic carbocycles. The van der Waals surface area contributed by atoms with Crippen LogP contribution in [0.25, 0.3) is 27.6 Å². The Bertz CT molecular complexity index is 2700. The smallest absolute Gasteiger partial charge is 0.137 e. The maximum Gasteiger partial charge on any atom is 0.137 e. The van der Waals surface area contributed by atoms with E-state index in [0.29, 0.717) is 42.4 Å². The van der Waals surface area contributed by atoms with Gasteiger partial charge in [0.2, 0.25) is 0 Å². The standard InChI is InChI=1S/C48H50N4O/c1-32-13-11-18-43-46(32)50(26-24-34-19-20-35(27-33(34)2)47(3,4)5)31-51(43)37-14-12-15-38(29-37)53-39-21-22-41-40-16-9-10-17-42(40)52(44(41)30-39)45-28-36(23-25-49-45)48(6,7)8/h9-23,25,27-30H,24,26,31H2,1-8H3/i1D3,2D3. The maximum atomic E-state index is 8.44. The van der Waals surface area contributed by atoms with Crippen LogP contribution in [-0.2, 0) is 17.3 Å². The van der Waals surface area contributed by atoms with E-state index in [1.165, 1.54) is 5.56 Å². The van der Waals surface area contributed by atoms with Gasteiger partial charge in [-0.25, -0.2) is 4.98 Å². The van der Waals surface area contributed by atoms with E-state index in [-0.39, 0.29) is 16.4 Å². The summed E-state index contributed by atoms with van der Waals surface area (Å²) in [6.45, 7) is 8.98. The minimum atomic E-state index is -2.35. The first-order valence-electron chi connectivity index (χ1n) is 21.4. The van der Waals surface area contributed by atoms with Gasteiger partial charge in [-0.1, -0.05) is 96.1 Å². The molecule has 3 heterocycles. The van der Waals surface area contributed by atoms with Crippen LogP contribution in [0.5, 0.6) is 11.5 Å². The second kappa shape index (κ2) is 13.1. The zero-order valence-corrected chi connectivity index (χ0v) is 31.4. The number of hydrogen-bond donors (Lipinski definition) is 0. The number of rotatable bonds is 7. The molecule has 0 N–H and O–H groups in total. The molecule has 5 heteroatoms. The highest BCUT2D eigenvalue weighted by Crippen LogP contribution is 2.44. The monoisotopic (exact) mass is 704 g/mol. The van der Waals surface area contributed by atoms with Crippen LogP contribution in [0.3, 0.4) is 0 Å². The normalized spacial score (nSPS) is 15.4. The van der Waals surface area contributed by atoms with Crippen molar-refractivity contribution < 1.29 is 13.0 Å². The van der Waals surface area contributed by atoms with Crippen LogP contribution >= 0.6 is 0 Å². The molecule has 8 rings (SSSR count). The first kappa shape index (κ1) is 28.0. The fourth-order valence-corrected chi connectivity index (χ4v) is 7.44. The molecule has 0 saturated carbocycles. The molecule has 1 aliphatic heterocycles. The first-order valence-corrected chi connectivity index (χ1v) is 18.4. The Kier molecular flexibility index (Phi) is 6.95. The minimum absolute atomic E-state index is 0.0431. The average molecular weight is 705 g/mol. The maximum absolute atomic E-state index is 8.44. The summed E-state index contributed by atoms with van der Waals surface area (Å²) >= 11 is 0. The Morgan fingerprint density at radius 2 is 1.43 bits per heavy atom. The van der Waals surface area contributed by atoms with Gasteiger partial charge >= 0.3 is 0 Å². The van der Waals surface area contributed by atoms with Crippen molar-refractivity contribution in [2.45, 2.75) is 72.5 Å². The molecule has 0 saturated heterocycles. The number of benzene rings is 5. The highest BCUT2D eigenvalue weighted by atomic mass is 16.5. The van der Waals surface area contributed by atoms with Crippen LogP contribution in [0, 0.1) is 13.7 Å². The highest BCUT2D eigenvalue weighted by Gasteiger charge is 2.29. The Hall–Kier alpha value is -5.55. The van der Waals surface area contributed by atoms with Gasteiger partial charge in [0, 0.05) is 49.6 Å². The van der Waals surface area contributed by atoms with Gasteiger partial charge in [0.1, 0.15) is 17.3 Å². The van der Waals surface area contributed by atoms with E-state index < -0.39 is 13.7 Å². The van der Waals surface area contributed by atoms with Crippen LogP contribution in [0.2, 0.25) is 0 Å². The SMILES string of the molecule is [2H]C([2H])([2H])c1cc(C(C)(C)C)ccc1CCN1CN(c2cccc(Oc3ccc4c5ccccc5n(-c5cc(C(C)(C)C)ccn5)c4c3)c2)c2cccc(C([2H])([2H])[2H])c21. The van der Waals surface area contributed by atoms with Crippen molar-refractivity contribution in [3.8, 4) is 17.3 Å². The van der Waals surface area contributed by atoms with Gasteiger partial charge in [0.05, 0.1) is 29.1 Å². The van der Waals surface area contributed by atoms with Crippen LogP contribution in [-0.4, -0.2) is 22.8 Å². The predicted octanol–water partition coefficient (Wildman–Crippen LogP) is 12.3. The number of anilines is 3. The molecule has 2 aromatic heterocycles. The lowest BCUT2D eigenvalue weighted by molar-refractivity contribution is 0.483. The fraction of sp³-hybridized carbons (Fsp3) is 0.271. The number of ether oxygens (including phenoxy) is 1. The Morgan fingerprint density at radius 3 is 2.25 bits per heavy atom. The summed E-state index contributed by atoms with van der Waals surface area (Å²) in [7, 11) is 0. The number of aromatic nitrogens is 2. The third kappa shape index (κ3) is 6.54. The second-order valence-electron chi connectivity index (χ2n) is 16.2. The number of para-hydroxylation sites is 2. The van der Waals surface area contributed by atoms with Gasteiger partial charge in [0.15, 0.2) is 0 Å². The third-order valence-electron chi connectivity index (χ3n) is 10.4. The number of pyridine rings is 1. The average Bonchev–Trinajstić information content (AvgIpc) is 3.71. The summed E-state index contributed by atoms with van der Waals surface area (Å²) < 4.78 is 59.2. The van der Waals surface area contributed by atoms with Crippen molar-refractivity contribution in [3.05, 3.63) is 149 Å². The zero-order valence-electron chi connectivity index (χ0n) is 37.4. The number of nitrogens with zero attached hydrogens (tertiary/aromatic N) is 4. The van der Waals surface area contributed by atoms with E-state index in [1.807, 2.05) is 66.9 Å². The van der Waals surface area contributed by atoms with Gasteiger partial charge in [-0.05, 0) is 107 Å². The summed E-state index contributed by atoms with van der Waals surface area (Å²) in [5, 5.41) is 2.23. The van der Waals surface area contributed by atoms with Crippen molar-refractivity contribution in [3.63, 3.8) is 0 Å². The predicted molar refractivity (Wildman–Crippen MR) is 223 cm³/mol. The summed E-state index contributed by atoms with van der Waals surface area (Å²) in [5.74, 6) is 2.14. The summed E-state index contributed by atoms with van der Waals surface area (Å²) in [4.78, 5) is 8.97. The van der Waals surface area contributed by atoms with Gasteiger partial charge in [-0.2, -0.15) is 0 Å². The number of aryl methyl sites for hydroxylation is 2. The molecule has 0 aliphatic carbocycles. The molecule has 0 radical (unpaired) electrons. The zero-order chi connectivity index (χ0) is 42.1. The largest absolute Gasteiger partial charge is 0.457 e. The van der Waals surface area contributed by atoms with Gasteiger partial charge in [-0.3, -0.25) is 4.57 Å². The topological polar surface area (TPSA) is 33.5 Å². The molecule has 7 aromatic rings. The van der Waals surface area contributed by atoms with E-state index in [2.05, 4.69) is 98.4 Å². The lowest BCUT2D eigenvalue weighted by Crippen LogP contribution is -2.30. The minimum Gasteiger partial charge on any atom is -0.457 e. The molecule has 0 unspecified atom stereocenters. The molecule has 0 amide bonds. The number of hydrogen-bond acceptors (Lipinski definition) is 4. The van der Waals surface area contributed by atoms with Crippen molar-refractivity contribution in [2.24, 2.45) is 0 Å². The Balaban J connectivity index is 1.13. The molecule has 268 valence electrons. The van der Waals surface area contributed by atoms with Crippen LogP contribution in [0.4, 0.5) is 17.1 Å². The fourth-order valence-electron chi connectivity index (χ4n) is 7.44. The van der Waals surface area contributed by atoms with Crippen LogP contribution in [0.1, 0.15) is 77.6 Å². The molecular weight excluding hydrogens is 649 g/mol. The van der Waals surface area contributed by atoms with Crippen LogP contribution < -0.4 is 14.5 Å². The Morgan fingerprint density at radius 1 is 0.679 bits per heavy atom. The molecule has 5 nitrogen and oxygen atoms in total.